The zero-order valence-electron chi connectivity index (χ0n) is 15.4. The van der Waals surface area contributed by atoms with E-state index in [9.17, 15) is 4.79 Å². The highest BCUT2D eigenvalue weighted by Crippen LogP contribution is 2.19. The largest absolute Gasteiger partial charge is 0.376 e. The molecule has 4 heteroatoms. The van der Waals surface area contributed by atoms with Crippen LogP contribution in [0.5, 0.6) is 0 Å². The first kappa shape index (κ1) is 18.6. The van der Waals surface area contributed by atoms with E-state index in [1.54, 1.807) is 0 Å². The summed E-state index contributed by atoms with van der Waals surface area (Å²) < 4.78 is 5.79. The van der Waals surface area contributed by atoms with Crippen molar-refractivity contribution in [3.05, 3.63) is 65.7 Å². The predicted octanol–water partition coefficient (Wildman–Crippen LogP) is 3.77. The summed E-state index contributed by atoms with van der Waals surface area (Å²) >= 11 is 0. The molecule has 2 N–H and O–H groups in total. The van der Waals surface area contributed by atoms with Gasteiger partial charge in [-0.05, 0) is 56.0 Å². The fourth-order valence-electron chi connectivity index (χ4n) is 3.38. The maximum Gasteiger partial charge on any atom is 0.227 e. The zero-order chi connectivity index (χ0) is 18.2. The monoisotopic (exact) mass is 352 g/mol. The molecule has 0 aromatic heterocycles. The van der Waals surface area contributed by atoms with Crippen LogP contribution in [0.15, 0.2) is 54.6 Å². The first-order valence-corrected chi connectivity index (χ1v) is 9.45. The molecular weight excluding hydrogens is 324 g/mol. The Labute approximate surface area is 156 Å². The molecule has 0 aliphatic carbocycles. The number of carbonyl (C=O) groups is 1. The first-order chi connectivity index (χ1) is 12.7. The summed E-state index contributed by atoms with van der Waals surface area (Å²) in [5.74, 6) is 0.220. The minimum absolute atomic E-state index is 0.0945. The number of ether oxygens (including phenoxy) is 1. The molecule has 2 atom stereocenters. The molecule has 2 aromatic rings. The highest BCUT2D eigenvalue weighted by Gasteiger charge is 2.24. The molecule has 1 aliphatic rings. The van der Waals surface area contributed by atoms with E-state index in [4.69, 9.17) is 4.74 Å². The molecule has 1 amide bonds. The van der Waals surface area contributed by atoms with E-state index in [0.29, 0.717) is 19.3 Å². The normalized spacial score (nSPS) is 19.9. The lowest BCUT2D eigenvalue weighted by Crippen LogP contribution is -2.40. The SMILES string of the molecule is C[C@H]1C[C@@H](C(=O)Nc2cccc(COCCc3ccccc3)c2)CCN1. The van der Waals surface area contributed by atoms with Crippen molar-refractivity contribution in [3.63, 3.8) is 0 Å². The second-order valence-electron chi connectivity index (χ2n) is 7.05. The number of nitrogens with one attached hydrogen (secondary N) is 2. The van der Waals surface area contributed by atoms with Crippen LogP contribution in [-0.2, 0) is 22.6 Å². The van der Waals surface area contributed by atoms with Gasteiger partial charge in [-0.3, -0.25) is 4.79 Å². The predicted molar refractivity (Wildman–Crippen MR) is 105 cm³/mol. The first-order valence-electron chi connectivity index (χ1n) is 9.45. The topological polar surface area (TPSA) is 50.4 Å². The molecule has 0 unspecified atom stereocenters. The van der Waals surface area contributed by atoms with Crippen LogP contribution in [0, 0.1) is 5.92 Å². The standard InChI is InChI=1S/C22H28N2O2/c1-17-14-20(10-12-23-17)22(25)24-21-9-5-8-19(15-21)16-26-13-11-18-6-3-2-4-7-18/h2-9,15,17,20,23H,10-14,16H2,1H3,(H,24,25)/t17-,20-/m0/s1. The van der Waals surface area contributed by atoms with Gasteiger partial charge in [0.2, 0.25) is 5.91 Å². The summed E-state index contributed by atoms with van der Waals surface area (Å²) in [6, 6.07) is 18.7. The minimum atomic E-state index is 0.0945. The lowest BCUT2D eigenvalue weighted by Gasteiger charge is -2.27. The second-order valence-corrected chi connectivity index (χ2v) is 7.05. The van der Waals surface area contributed by atoms with E-state index >= 15 is 0 Å². The van der Waals surface area contributed by atoms with Crippen LogP contribution >= 0.6 is 0 Å². The third-order valence-corrected chi connectivity index (χ3v) is 4.84. The number of piperidine rings is 1. The Hall–Kier alpha value is -2.17. The number of hydrogen-bond acceptors (Lipinski definition) is 3. The Morgan fingerprint density at radius 2 is 1.96 bits per heavy atom. The van der Waals surface area contributed by atoms with Gasteiger partial charge in [-0.1, -0.05) is 42.5 Å². The molecule has 1 heterocycles. The van der Waals surface area contributed by atoms with E-state index in [1.165, 1.54) is 5.56 Å². The molecule has 26 heavy (non-hydrogen) atoms. The van der Waals surface area contributed by atoms with Crippen molar-refractivity contribution in [2.75, 3.05) is 18.5 Å². The number of carbonyl (C=O) groups excluding carboxylic acids is 1. The fraction of sp³-hybridized carbons (Fsp3) is 0.409. The third-order valence-electron chi connectivity index (χ3n) is 4.84. The van der Waals surface area contributed by atoms with E-state index in [0.717, 1.165) is 37.1 Å². The van der Waals surface area contributed by atoms with Crippen LogP contribution in [0.1, 0.15) is 30.9 Å². The van der Waals surface area contributed by atoms with Gasteiger partial charge in [0.25, 0.3) is 0 Å². The van der Waals surface area contributed by atoms with Crippen LogP contribution < -0.4 is 10.6 Å². The average molecular weight is 352 g/mol. The van der Waals surface area contributed by atoms with E-state index < -0.39 is 0 Å². The van der Waals surface area contributed by atoms with Crippen molar-refractivity contribution < 1.29 is 9.53 Å². The Morgan fingerprint density at radius 3 is 2.77 bits per heavy atom. The van der Waals surface area contributed by atoms with Crippen molar-refractivity contribution >= 4 is 11.6 Å². The van der Waals surface area contributed by atoms with E-state index in [1.807, 2.05) is 42.5 Å². The van der Waals surface area contributed by atoms with Crippen LogP contribution in [0.3, 0.4) is 0 Å². The van der Waals surface area contributed by atoms with Crippen LogP contribution in [0.25, 0.3) is 0 Å². The Kier molecular flexibility index (Phi) is 6.81. The summed E-state index contributed by atoms with van der Waals surface area (Å²) in [6.45, 7) is 4.29. The fourth-order valence-corrected chi connectivity index (χ4v) is 3.38. The van der Waals surface area contributed by atoms with Gasteiger partial charge in [0.05, 0.1) is 13.2 Å². The number of amides is 1. The van der Waals surface area contributed by atoms with Gasteiger partial charge in [0.1, 0.15) is 0 Å². The highest BCUT2D eigenvalue weighted by molar-refractivity contribution is 5.92. The third kappa shape index (κ3) is 5.68. The molecule has 1 aliphatic heterocycles. The summed E-state index contributed by atoms with van der Waals surface area (Å²) in [7, 11) is 0. The molecular formula is C22H28N2O2. The van der Waals surface area contributed by atoms with Crippen LogP contribution in [0.4, 0.5) is 5.69 Å². The highest BCUT2D eigenvalue weighted by atomic mass is 16.5. The van der Waals surface area contributed by atoms with Gasteiger partial charge in [0, 0.05) is 17.6 Å². The molecule has 138 valence electrons. The lowest BCUT2D eigenvalue weighted by atomic mass is 9.92. The number of hydrogen-bond donors (Lipinski definition) is 2. The zero-order valence-corrected chi connectivity index (χ0v) is 15.4. The summed E-state index contributed by atoms with van der Waals surface area (Å²) in [6.07, 6.45) is 2.71. The smallest absolute Gasteiger partial charge is 0.227 e. The van der Waals surface area contributed by atoms with Crippen LogP contribution in [0.2, 0.25) is 0 Å². The molecule has 2 aromatic carbocycles. The molecule has 0 saturated carbocycles. The molecule has 0 radical (unpaired) electrons. The summed E-state index contributed by atoms with van der Waals surface area (Å²) in [5.41, 5.74) is 3.21. The van der Waals surface area contributed by atoms with Gasteiger partial charge in [0.15, 0.2) is 0 Å². The second kappa shape index (κ2) is 9.51. The maximum absolute atomic E-state index is 12.5. The number of anilines is 1. The lowest BCUT2D eigenvalue weighted by molar-refractivity contribution is -0.120. The van der Waals surface area contributed by atoms with Gasteiger partial charge in [-0.2, -0.15) is 0 Å². The van der Waals surface area contributed by atoms with Crippen molar-refractivity contribution in [3.8, 4) is 0 Å². The average Bonchev–Trinajstić information content (AvgIpc) is 2.66. The Balaban J connectivity index is 1.46. The van der Waals surface area contributed by atoms with Gasteiger partial charge >= 0.3 is 0 Å². The van der Waals surface area contributed by atoms with Crippen molar-refractivity contribution in [1.29, 1.82) is 0 Å². The molecule has 0 bridgehead atoms. The number of benzene rings is 2. The van der Waals surface area contributed by atoms with Gasteiger partial charge < -0.3 is 15.4 Å². The van der Waals surface area contributed by atoms with E-state index in [-0.39, 0.29) is 11.8 Å². The van der Waals surface area contributed by atoms with Crippen molar-refractivity contribution in [2.24, 2.45) is 5.92 Å². The Bertz CT molecular complexity index is 702. The summed E-state index contributed by atoms with van der Waals surface area (Å²) in [4.78, 5) is 12.5. The van der Waals surface area contributed by atoms with Crippen molar-refractivity contribution in [1.82, 2.24) is 5.32 Å². The van der Waals surface area contributed by atoms with Crippen molar-refractivity contribution in [2.45, 2.75) is 38.8 Å². The Morgan fingerprint density at radius 1 is 1.15 bits per heavy atom. The molecule has 3 rings (SSSR count). The molecule has 0 spiro atoms. The molecule has 4 nitrogen and oxygen atoms in total. The molecule has 1 fully saturated rings. The van der Waals surface area contributed by atoms with Crippen LogP contribution in [-0.4, -0.2) is 25.1 Å². The van der Waals surface area contributed by atoms with Gasteiger partial charge in [-0.25, -0.2) is 0 Å². The number of rotatable bonds is 7. The summed E-state index contributed by atoms with van der Waals surface area (Å²) in [5, 5.41) is 6.45. The van der Waals surface area contributed by atoms with E-state index in [2.05, 4.69) is 29.7 Å². The quantitative estimate of drug-likeness (QED) is 0.746. The molecule has 1 saturated heterocycles. The van der Waals surface area contributed by atoms with Gasteiger partial charge in [-0.15, -0.1) is 0 Å². The maximum atomic E-state index is 12.5. The minimum Gasteiger partial charge on any atom is -0.376 e.